The summed E-state index contributed by atoms with van der Waals surface area (Å²) in [4.78, 5) is 16.7. The Morgan fingerprint density at radius 2 is 1.96 bits per heavy atom. The van der Waals surface area contributed by atoms with E-state index in [1.807, 2.05) is 36.5 Å². The molecule has 0 spiro atoms. The van der Waals surface area contributed by atoms with Gasteiger partial charge in [-0.15, -0.1) is 0 Å². The topological polar surface area (TPSA) is 43.1 Å². The number of carbonyl (C=O) groups excluding carboxylic acids is 1. The van der Waals surface area contributed by atoms with Crippen LogP contribution in [0.25, 0.3) is 11.3 Å². The molecule has 0 bridgehead atoms. The number of rotatable bonds is 5. The van der Waals surface area contributed by atoms with E-state index in [0.717, 1.165) is 17.0 Å². The minimum Gasteiger partial charge on any atom is -0.497 e. The number of Topliss-reactive ketones (excluding diaryl/α,β-unsaturated/α-hetero) is 1. The standard InChI is InChI=1S/C19H16ClN2O2/c1-24-17-7-5-14(6-8-17)19(23)12-22-10-9-18(21-13-22)15-3-2-4-16(20)11-15/h2-11,13H,12H2,1H3/q+1. The summed E-state index contributed by atoms with van der Waals surface area (Å²) in [5, 5.41) is 0.667. The van der Waals surface area contributed by atoms with Crippen LogP contribution < -0.4 is 9.30 Å². The van der Waals surface area contributed by atoms with Gasteiger partial charge < -0.3 is 4.74 Å². The zero-order valence-corrected chi connectivity index (χ0v) is 13.9. The zero-order valence-electron chi connectivity index (χ0n) is 13.1. The first-order valence-corrected chi connectivity index (χ1v) is 7.82. The first-order chi connectivity index (χ1) is 11.7. The molecule has 2 aromatic carbocycles. The first kappa shape index (κ1) is 16.1. The molecule has 0 aliphatic heterocycles. The average Bonchev–Trinajstić information content (AvgIpc) is 2.62. The normalized spacial score (nSPS) is 10.4. The number of hydrogen-bond acceptors (Lipinski definition) is 3. The molecular formula is C19H16ClN2O2+. The molecule has 5 heteroatoms. The molecule has 0 fully saturated rings. The molecule has 1 heterocycles. The zero-order chi connectivity index (χ0) is 16.9. The minimum atomic E-state index is 0.0139. The number of hydrogen-bond donors (Lipinski definition) is 0. The molecule has 0 aliphatic carbocycles. The molecule has 0 saturated carbocycles. The summed E-state index contributed by atoms with van der Waals surface area (Å²) in [6, 6.07) is 16.4. The van der Waals surface area contributed by atoms with E-state index in [4.69, 9.17) is 16.3 Å². The molecule has 0 saturated heterocycles. The highest BCUT2D eigenvalue weighted by Gasteiger charge is 2.12. The van der Waals surface area contributed by atoms with Gasteiger partial charge in [0.15, 0.2) is 12.2 Å². The van der Waals surface area contributed by atoms with Crippen LogP contribution in [0.5, 0.6) is 5.75 Å². The van der Waals surface area contributed by atoms with Gasteiger partial charge >= 0.3 is 0 Å². The highest BCUT2D eigenvalue weighted by molar-refractivity contribution is 6.30. The van der Waals surface area contributed by atoms with Crippen molar-refractivity contribution in [3.8, 4) is 17.0 Å². The van der Waals surface area contributed by atoms with Crippen molar-refractivity contribution in [2.75, 3.05) is 7.11 Å². The van der Waals surface area contributed by atoms with E-state index in [0.29, 0.717) is 10.6 Å². The molecule has 0 amide bonds. The molecule has 1 aromatic heterocycles. The quantitative estimate of drug-likeness (QED) is 0.527. The first-order valence-electron chi connectivity index (χ1n) is 7.44. The Kier molecular flexibility index (Phi) is 4.87. The van der Waals surface area contributed by atoms with Crippen LogP contribution in [-0.4, -0.2) is 17.9 Å². The fourth-order valence-corrected chi connectivity index (χ4v) is 2.52. The van der Waals surface area contributed by atoms with Gasteiger partial charge in [-0.1, -0.05) is 23.7 Å². The number of nitrogens with zero attached hydrogens (tertiary/aromatic N) is 2. The summed E-state index contributed by atoms with van der Waals surface area (Å²) >= 11 is 6.00. The lowest BCUT2D eigenvalue weighted by atomic mass is 10.1. The second-order valence-electron chi connectivity index (χ2n) is 5.28. The summed E-state index contributed by atoms with van der Waals surface area (Å²) in [6.07, 6.45) is 3.49. The number of halogens is 1. The van der Waals surface area contributed by atoms with Crippen molar-refractivity contribution in [3.05, 3.63) is 77.7 Å². The van der Waals surface area contributed by atoms with Crippen LogP contribution in [0.4, 0.5) is 0 Å². The molecule has 3 rings (SSSR count). The average molecular weight is 340 g/mol. The maximum Gasteiger partial charge on any atom is 0.287 e. The smallest absolute Gasteiger partial charge is 0.287 e. The largest absolute Gasteiger partial charge is 0.497 e. The highest BCUT2D eigenvalue weighted by Crippen LogP contribution is 2.19. The number of carbonyl (C=O) groups is 1. The Labute approximate surface area is 145 Å². The molecule has 0 unspecified atom stereocenters. The van der Waals surface area contributed by atoms with E-state index < -0.39 is 0 Å². The fraction of sp³-hybridized carbons (Fsp3) is 0.105. The molecule has 0 atom stereocenters. The third kappa shape index (κ3) is 3.78. The van der Waals surface area contributed by atoms with Crippen molar-refractivity contribution >= 4 is 17.4 Å². The predicted octanol–water partition coefficient (Wildman–Crippen LogP) is 3.58. The van der Waals surface area contributed by atoms with Crippen LogP contribution in [0.3, 0.4) is 0 Å². The Balaban J connectivity index is 1.72. The number of methoxy groups -OCH3 is 1. The van der Waals surface area contributed by atoms with Crippen LogP contribution >= 0.6 is 11.6 Å². The van der Waals surface area contributed by atoms with Gasteiger partial charge in [0.2, 0.25) is 5.78 Å². The van der Waals surface area contributed by atoms with Gasteiger partial charge in [-0.05, 0) is 41.4 Å². The van der Waals surface area contributed by atoms with Crippen molar-refractivity contribution in [1.29, 1.82) is 0 Å². The highest BCUT2D eigenvalue weighted by atomic mass is 35.5. The van der Waals surface area contributed by atoms with Crippen LogP contribution in [0.15, 0.2) is 67.1 Å². The number of aromatic nitrogens is 2. The summed E-state index contributed by atoms with van der Waals surface area (Å²) in [5.74, 6) is 0.742. The Bertz CT molecular complexity index is 846. The van der Waals surface area contributed by atoms with Gasteiger partial charge in [-0.2, -0.15) is 0 Å². The molecule has 3 aromatic rings. The van der Waals surface area contributed by atoms with Crippen LogP contribution in [-0.2, 0) is 6.54 Å². The summed E-state index contributed by atoms with van der Waals surface area (Å²) in [7, 11) is 1.60. The minimum absolute atomic E-state index is 0.0139. The lowest BCUT2D eigenvalue weighted by Gasteiger charge is -2.03. The molecule has 4 nitrogen and oxygen atoms in total. The predicted molar refractivity (Wildman–Crippen MR) is 92.2 cm³/mol. The van der Waals surface area contributed by atoms with E-state index in [9.17, 15) is 4.79 Å². The van der Waals surface area contributed by atoms with Crippen LogP contribution in [0.2, 0.25) is 5.02 Å². The Morgan fingerprint density at radius 1 is 1.17 bits per heavy atom. The summed E-state index contributed by atoms with van der Waals surface area (Å²) in [5.41, 5.74) is 2.39. The van der Waals surface area contributed by atoms with Crippen molar-refractivity contribution < 1.29 is 14.1 Å². The van der Waals surface area contributed by atoms with Gasteiger partial charge in [0.05, 0.1) is 13.3 Å². The molecule has 0 radical (unpaired) electrons. The Hall–Kier alpha value is -2.72. The van der Waals surface area contributed by atoms with Gasteiger partial charge in [0.1, 0.15) is 5.75 Å². The van der Waals surface area contributed by atoms with E-state index in [1.54, 1.807) is 42.3 Å². The maximum absolute atomic E-state index is 12.3. The monoisotopic (exact) mass is 339 g/mol. The van der Waals surface area contributed by atoms with Crippen molar-refractivity contribution in [3.63, 3.8) is 0 Å². The van der Waals surface area contributed by atoms with Gasteiger partial charge in [0, 0.05) is 22.2 Å². The van der Waals surface area contributed by atoms with E-state index in [-0.39, 0.29) is 12.3 Å². The molecule has 0 aliphatic rings. The number of ether oxygens (including phenoxy) is 1. The van der Waals surface area contributed by atoms with Crippen LogP contribution in [0.1, 0.15) is 10.4 Å². The molecule has 120 valence electrons. The van der Waals surface area contributed by atoms with Crippen molar-refractivity contribution in [2.24, 2.45) is 0 Å². The van der Waals surface area contributed by atoms with Gasteiger partial charge in [0.25, 0.3) is 6.33 Å². The van der Waals surface area contributed by atoms with Crippen molar-refractivity contribution in [1.82, 2.24) is 4.98 Å². The van der Waals surface area contributed by atoms with Crippen LogP contribution in [0, 0.1) is 0 Å². The summed E-state index contributed by atoms with van der Waals surface area (Å²) < 4.78 is 6.85. The lowest BCUT2D eigenvalue weighted by Crippen LogP contribution is -2.37. The van der Waals surface area contributed by atoms with E-state index >= 15 is 0 Å². The number of ketones is 1. The second kappa shape index (κ2) is 7.23. The molecule has 0 N–H and O–H groups in total. The van der Waals surface area contributed by atoms with E-state index in [2.05, 4.69) is 4.98 Å². The van der Waals surface area contributed by atoms with E-state index in [1.165, 1.54) is 0 Å². The number of benzene rings is 2. The van der Waals surface area contributed by atoms with Crippen molar-refractivity contribution in [2.45, 2.75) is 6.54 Å². The molecular weight excluding hydrogens is 324 g/mol. The third-order valence-corrected chi connectivity index (χ3v) is 3.86. The maximum atomic E-state index is 12.3. The SMILES string of the molecule is COc1ccc(C(=O)C[n+]2ccc(-c3cccc(Cl)c3)nc2)cc1. The second-order valence-corrected chi connectivity index (χ2v) is 5.72. The fourth-order valence-electron chi connectivity index (χ4n) is 2.33. The lowest BCUT2D eigenvalue weighted by molar-refractivity contribution is -0.686. The molecule has 24 heavy (non-hydrogen) atoms. The Morgan fingerprint density at radius 3 is 2.58 bits per heavy atom. The van der Waals surface area contributed by atoms with Gasteiger partial charge in [-0.3, -0.25) is 4.79 Å². The third-order valence-electron chi connectivity index (χ3n) is 3.63. The summed E-state index contributed by atoms with van der Waals surface area (Å²) in [6.45, 7) is 0.231. The van der Waals surface area contributed by atoms with Gasteiger partial charge in [-0.25, -0.2) is 4.57 Å².